The molecule has 0 spiro atoms. The Hall–Kier alpha value is -2.92. The van der Waals surface area contributed by atoms with Crippen molar-refractivity contribution in [3.63, 3.8) is 0 Å². The summed E-state index contributed by atoms with van der Waals surface area (Å²) >= 11 is 1.52. The Morgan fingerprint density at radius 2 is 1.68 bits per heavy atom. The van der Waals surface area contributed by atoms with Crippen molar-refractivity contribution in [3.8, 4) is 0 Å². The summed E-state index contributed by atoms with van der Waals surface area (Å²) in [6, 6.07) is 20.1. The van der Waals surface area contributed by atoms with Gasteiger partial charge in [-0.25, -0.2) is 0 Å². The molecule has 4 nitrogen and oxygen atoms in total. The summed E-state index contributed by atoms with van der Waals surface area (Å²) in [5, 5.41) is 3.64. The van der Waals surface area contributed by atoms with Crippen LogP contribution in [0.3, 0.4) is 0 Å². The normalized spacial score (nSPS) is 15.5. The lowest BCUT2D eigenvalue weighted by Gasteiger charge is -2.20. The molecule has 0 saturated carbocycles. The summed E-state index contributed by atoms with van der Waals surface area (Å²) < 4.78 is 0. The summed E-state index contributed by atoms with van der Waals surface area (Å²) in [7, 11) is 0. The highest BCUT2D eigenvalue weighted by Crippen LogP contribution is 2.40. The number of nitrogens with one attached hydrogen (secondary N) is 1. The minimum absolute atomic E-state index is 0.0570. The van der Waals surface area contributed by atoms with Gasteiger partial charge in [-0.05, 0) is 41.9 Å². The molecule has 0 saturated heterocycles. The van der Waals surface area contributed by atoms with Crippen LogP contribution in [0.5, 0.6) is 0 Å². The number of hydrogen-bond acceptors (Lipinski definition) is 3. The maximum Gasteiger partial charge on any atom is 0.251 e. The molecule has 1 heterocycles. The van der Waals surface area contributed by atoms with Crippen LogP contribution < -0.4 is 11.1 Å². The molecule has 1 unspecified atom stereocenters. The maximum absolute atomic E-state index is 13.1. The van der Waals surface area contributed by atoms with Crippen LogP contribution in [0.15, 0.2) is 60.7 Å². The van der Waals surface area contributed by atoms with Crippen molar-refractivity contribution < 1.29 is 9.59 Å². The van der Waals surface area contributed by atoms with Gasteiger partial charge in [0, 0.05) is 17.2 Å². The zero-order valence-corrected chi connectivity index (χ0v) is 18.6. The number of thiophene rings is 1. The molecule has 3 aromatic rings. The van der Waals surface area contributed by atoms with Gasteiger partial charge >= 0.3 is 0 Å². The van der Waals surface area contributed by atoms with Gasteiger partial charge in [0.1, 0.15) is 5.00 Å². The zero-order valence-electron chi connectivity index (χ0n) is 17.8. The van der Waals surface area contributed by atoms with Crippen LogP contribution in [0.4, 0.5) is 5.00 Å². The van der Waals surface area contributed by atoms with Crippen molar-refractivity contribution in [1.29, 1.82) is 0 Å². The quantitative estimate of drug-likeness (QED) is 0.516. The van der Waals surface area contributed by atoms with Crippen molar-refractivity contribution >= 4 is 28.2 Å². The molecule has 2 aromatic carbocycles. The van der Waals surface area contributed by atoms with Crippen molar-refractivity contribution in [2.24, 2.45) is 11.7 Å². The highest BCUT2D eigenvalue weighted by molar-refractivity contribution is 7.17. The van der Waals surface area contributed by atoms with E-state index in [0.717, 1.165) is 42.4 Å². The van der Waals surface area contributed by atoms with Crippen LogP contribution in [0, 0.1) is 5.92 Å². The number of amides is 2. The molecule has 0 bridgehead atoms. The fraction of sp³-hybridized carbons (Fsp3) is 0.308. The molecule has 4 rings (SSSR count). The number of carbonyl (C=O) groups excluding carboxylic acids is 2. The molecular weight excluding hydrogens is 404 g/mol. The van der Waals surface area contributed by atoms with Crippen LogP contribution in [-0.2, 0) is 17.6 Å². The zero-order chi connectivity index (χ0) is 21.8. The molecule has 1 aromatic heterocycles. The van der Waals surface area contributed by atoms with Gasteiger partial charge in [0.05, 0.1) is 5.56 Å². The van der Waals surface area contributed by atoms with E-state index < -0.39 is 5.91 Å². The summed E-state index contributed by atoms with van der Waals surface area (Å²) in [5.74, 6) is 0.0192. The monoisotopic (exact) mass is 432 g/mol. The van der Waals surface area contributed by atoms with E-state index in [1.165, 1.54) is 16.2 Å². The van der Waals surface area contributed by atoms with Crippen molar-refractivity contribution in [2.45, 2.75) is 44.9 Å². The van der Waals surface area contributed by atoms with E-state index in [1.807, 2.05) is 36.4 Å². The van der Waals surface area contributed by atoms with Crippen molar-refractivity contribution in [3.05, 3.63) is 87.8 Å². The van der Waals surface area contributed by atoms with Crippen molar-refractivity contribution in [2.75, 3.05) is 5.32 Å². The number of primary amides is 1. The molecule has 2 amide bonds. The second-order valence-corrected chi connectivity index (χ2v) is 9.32. The van der Waals surface area contributed by atoms with Crippen LogP contribution in [0.25, 0.3) is 0 Å². The van der Waals surface area contributed by atoms with E-state index in [9.17, 15) is 9.59 Å². The highest BCUT2D eigenvalue weighted by Gasteiger charge is 2.28. The minimum atomic E-state index is -0.453. The number of nitrogens with two attached hydrogens (primary N) is 1. The smallest absolute Gasteiger partial charge is 0.251 e. The maximum atomic E-state index is 13.1. The van der Waals surface area contributed by atoms with Gasteiger partial charge in [0.25, 0.3) is 5.91 Å². The number of carbonyl (C=O) groups is 2. The molecule has 160 valence electrons. The Bertz CT molecular complexity index is 1020. The average Bonchev–Trinajstić information content (AvgIpc) is 3.15. The first-order valence-electron chi connectivity index (χ1n) is 10.9. The third kappa shape index (κ3) is 4.72. The standard InChI is InChI=1S/C26H28N2O2S/c1-2-17-13-14-20-22(15-17)31-26(24(20)25(27)30)28-23(29)16-21(18-9-5-3-6-10-18)19-11-7-4-8-12-19/h3-12,17,21H,2,13-16H2,1H3,(H2,27,30)(H,28,29). The van der Waals surface area contributed by atoms with Gasteiger partial charge in [-0.3, -0.25) is 9.59 Å². The number of benzene rings is 2. The Morgan fingerprint density at radius 1 is 1.06 bits per heavy atom. The molecule has 0 radical (unpaired) electrons. The van der Waals surface area contributed by atoms with Gasteiger partial charge < -0.3 is 11.1 Å². The van der Waals surface area contributed by atoms with E-state index in [1.54, 1.807) is 0 Å². The Morgan fingerprint density at radius 3 is 2.23 bits per heavy atom. The molecule has 5 heteroatoms. The number of rotatable bonds is 7. The lowest BCUT2D eigenvalue weighted by molar-refractivity contribution is -0.116. The first-order chi connectivity index (χ1) is 15.1. The Balaban J connectivity index is 1.59. The average molecular weight is 433 g/mol. The second-order valence-electron chi connectivity index (χ2n) is 8.22. The van der Waals surface area contributed by atoms with Crippen LogP contribution in [-0.4, -0.2) is 11.8 Å². The molecule has 1 aliphatic carbocycles. The third-order valence-corrected chi connectivity index (χ3v) is 7.41. The van der Waals surface area contributed by atoms with E-state index in [-0.39, 0.29) is 11.8 Å². The fourth-order valence-electron chi connectivity index (χ4n) is 4.51. The summed E-state index contributed by atoms with van der Waals surface area (Å²) in [6.45, 7) is 2.20. The van der Waals surface area contributed by atoms with Crippen molar-refractivity contribution in [1.82, 2.24) is 0 Å². The van der Waals surface area contributed by atoms with Gasteiger partial charge in [0.15, 0.2) is 0 Å². The van der Waals surface area contributed by atoms with Gasteiger partial charge in [0.2, 0.25) is 5.91 Å². The van der Waals surface area contributed by atoms with E-state index in [2.05, 4.69) is 36.5 Å². The third-order valence-electron chi connectivity index (χ3n) is 6.24. The van der Waals surface area contributed by atoms with Crippen LogP contribution >= 0.6 is 11.3 Å². The van der Waals surface area contributed by atoms with Gasteiger partial charge in [-0.1, -0.05) is 74.0 Å². The largest absolute Gasteiger partial charge is 0.365 e. The Labute approximate surface area is 187 Å². The highest BCUT2D eigenvalue weighted by atomic mass is 32.1. The number of anilines is 1. The molecule has 31 heavy (non-hydrogen) atoms. The van der Waals surface area contributed by atoms with Gasteiger partial charge in [-0.15, -0.1) is 11.3 Å². The van der Waals surface area contributed by atoms with Gasteiger partial charge in [-0.2, -0.15) is 0 Å². The molecule has 1 atom stereocenters. The lowest BCUT2D eigenvalue weighted by Crippen LogP contribution is -2.20. The number of hydrogen-bond donors (Lipinski definition) is 2. The second kappa shape index (κ2) is 9.48. The Kier molecular flexibility index (Phi) is 6.52. The predicted octanol–water partition coefficient (Wildman–Crippen LogP) is 5.52. The van der Waals surface area contributed by atoms with E-state index >= 15 is 0 Å². The summed E-state index contributed by atoms with van der Waals surface area (Å²) in [4.78, 5) is 26.6. The van der Waals surface area contributed by atoms with E-state index in [0.29, 0.717) is 22.9 Å². The first-order valence-corrected chi connectivity index (χ1v) is 11.7. The minimum Gasteiger partial charge on any atom is -0.365 e. The first kappa shape index (κ1) is 21.3. The topological polar surface area (TPSA) is 72.2 Å². The fourth-order valence-corrected chi connectivity index (χ4v) is 5.90. The lowest BCUT2D eigenvalue weighted by atomic mass is 9.85. The summed E-state index contributed by atoms with van der Waals surface area (Å²) in [6.07, 6.45) is 4.31. The molecule has 0 fully saturated rings. The molecular formula is C26H28N2O2S. The molecule has 3 N–H and O–H groups in total. The summed E-state index contributed by atoms with van der Waals surface area (Å²) in [5.41, 5.74) is 9.47. The number of fused-ring (bicyclic) bond motifs is 1. The van der Waals surface area contributed by atoms with E-state index in [4.69, 9.17) is 5.73 Å². The van der Waals surface area contributed by atoms with Crippen LogP contribution in [0.1, 0.15) is 64.0 Å². The molecule has 0 aliphatic heterocycles. The SMILES string of the molecule is CCC1CCc2c(sc(NC(=O)CC(c3ccccc3)c3ccccc3)c2C(N)=O)C1. The molecule has 1 aliphatic rings. The predicted molar refractivity (Wildman–Crippen MR) is 127 cm³/mol. The van der Waals surface area contributed by atoms with Crippen LogP contribution in [0.2, 0.25) is 0 Å².